The number of nitrogens with one attached hydrogen (secondary N) is 1. The van der Waals surface area contributed by atoms with Gasteiger partial charge in [-0.05, 0) is 62.7 Å². The summed E-state index contributed by atoms with van der Waals surface area (Å²) in [6, 6.07) is 14.0. The molecule has 1 aromatic heterocycles. The molecule has 0 radical (unpaired) electrons. The molecule has 3 heterocycles. The Balaban J connectivity index is 1.15. The zero-order valence-corrected chi connectivity index (χ0v) is 18.5. The van der Waals surface area contributed by atoms with Crippen molar-refractivity contribution in [1.82, 2.24) is 19.8 Å². The molecule has 2 aromatic carbocycles. The van der Waals surface area contributed by atoms with Crippen LogP contribution in [0.4, 0.5) is 0 Å². The normalized spacial score (nSPS) is 18.0. The van der Waals surface area contributed by atoms with Crippen molar-refractivity contribution in [3.63, 3.8) is 0 Å². The smallest absolute Gasteiger partial charge is 0.269 e. The fourth-order valence-electron chi connectivity index (χ4n) is 4.55. The highest BCUT2D eigenvalue weighted by Crippen LogP contribution is 2.31. The van der Waals surface area contributed by atoms with Gasteiger partial charge in [-0.15, -0.1) is 0 Å². The van der Waals surface area contributed by atoms with Crippen molar-refractivity contribution in [2.45, 2.75) is 38.4 Å². The van der Waals surface area contributed by atoms with Gasteiger partial charge in [0.05, 0.1) is 17.2 Å². The highest BCUT2D eigenvalue weighted by atomic mass is 16.6. The van der Waals surface area contributed by atoms with Gasteiger partial charge in [0.25, 0.3) is 5.56 Å². The van der Waals surface area contributed by atoms with Crippen LogP contribution in [0, 0.1) is 0 Å². The number of hydrogen-bond acceptors (Lipinski definition) is 6. The maximum absolute atomic E-state index is 12.4. The monoisotopic (exact) mass is 434 g/mol. The zero-order valence-electron chi connectivity index (χ0n) is 18.5. The Morgan fingerprint density at radius 1 is 1.03 bits per heavy atom. The second kappa shape index (κ2) is 8.92. The Morgan fingerprint density at radius 2 is 1.81 bits per heavy atom. The van der Waals surface area contributed by atoms with Gasteiger partial charge in [0.15, 0.2) is 11.5 Å². The van der Waals surface area contributed by atoms with Gasteiger partial charge in [0.1, 0.15) is 13.2 Å². The number of piperidine rings is 1. The Morgan fingerprint density at radius 3 is 2.66 bits per heavy atom. The van der Waals surface area contributed by atoms with Crippen molar-refractivity contribution in [3.05, 3.63) is 64.6 Å². The van der Waals surface area contributed by atoms with Crippen LogP contribution >= 0.6 is 0 Å². The van der Waals surface area contributed by atoms with E-state index in [1.165, 1.54) is 11.8 Å². The van der Waals surface area contributed by atoms with E-state index in [9.17, 15) is 4.79 Å². The van der Waals surface area contributed by atoms with Crippen LogP contribution in [0.2, 0.25) is 0 Å². The maximum Gasteiger partial charge on any atom is 0.269 e. The van der Waals surface area contributed by atoms with Crippen LogP contribution in [0.3, 0.4) is 0 Å². The average molecular weight is 435 g/mol. The van der Waals surface area contributed by atoms with Crippen LogP contribution in [0.1, 0.15) is 25.3 Å². The molecule has 168 valence electrons. The van der Waals surface area contributed by atoms with Crippen LogP contribution in [0.15, 0.2) is 53.5 Å². The number of hydrogen-bond donors (Lipinski definition) is 1. The van der Waals surface area contributed by atoms with E-state index in [2.05, 4.69) is 34.3 Å². The van der Waals surface area contributed by atoms with E-state index in [1.807, 2.05) is 34.9 Å². The van der Waals surface area contributed by atoms with Gasteiger partial charge in [-0.1, -0.05) is 18.2 Å². The van der Waals surface area contributed by atoms with E-state index in [0.29, 0.717) is 19.8 Å². The lowest BCUT2D eigenvalue weighted by atomic mass is 9.89. The molecule has 0 atom stereocenters. The highest BCUT2D eigenvalue weighted by molar-refractivity contribution is 5.74. The van der Waals surface area contributed by atoms with Crippen LogP contribution in [-0.2, 0) is 13.1 Å². The molecule has 7 heteroatoms. The molecule has 3 aromatic rings. The SMILES string of the molecule is CC1(NCc2ccc3c(c2)OCCO3)CCN(CCn2c(=O)cnc3ccccc32)CC1. The first kappa shape index (κ1) is 21.0. The van der Waals surface area contributed by atoms with E-state index < -0.39 is 0 Å². The summed E-state index contributed by atoms with van der Waals surface area (Å²) in [5.41, 5.74) is 3.04. The predicted molar refractivity (Wildman–Crippen MR) is 124 cm³/mol. The van der Waals surface area contributed by atoms with Gasteiger partial charge in [0.2, 0.25) is 0 Å². The molecule has 1 fully saturated rings. The third kappa shape index (κ3) is 4.49. The second-order valence-corrected chi connectivity index (χ2v) is 8.97. The van der Waals surface area contributed by atoms with E-state index >= 15 is 0 Å². The van der Waals surface area contributed by atoms with Crippen molar-refractivity contribution >= 4 is 11.0 Å². The fourth-order valence-corrected chi connectivity index (χ4v) is 4.55. The summed E-state index contributed by atoms with van der Waals surface area (Å²) in [4.78, 5) is 19.1. The second-order valence-electron chi connectivity index (χ2n) is 8.97. The van der Waals surface area contributed by atoms with Crippen molar-refractivity contribution in [1.29, 1.82) is 0 Å². The lowest BCUT2D eigenvalue weighted by molar-refractivity contribution is 0.141. The van der Waals surface area contributed by atoms with Crippen LogP contribution < -0.4 is 20.3 Å². The Bertz CT molecular complexity index is 1150. The first-order valence-electron chi connectivity index (χ1n) is 11.4. The number of fused-ring (bicyclic) bond motifs is 2. The average Bonchev–Trinajstić information content (AvgIpc) is 2.83. The van der Waals surface area contributed by atoms with Gasteiger partial charge in [-0.25, -0.2) is 4.98 Å². The predicted octanol–water partition coefficient (Wildman–Crippen LogP) is 2.81. The number of nitrogens with zero attached hydrogens (tertiary/aromatic N) is 3. The minimum absolute atomic E-state index is 0.0355. The van der Waals surface area contributed by atoms with E-state index in [-0.39, 0.29) is 11.1 Å². The van der Waals surface area contributed by atoms with E-state index in [0.717, 1.165) is 61.6 Å². The van der Waals surface area contributed by atoms with E-state index in [1.54, 1.807) is 0 Å². The minimum Gasteiger partial charge on any atom is -0.486 e. The Kier molecular flexibility index (Phi) is 5.85. The first-order chi connectivity index (χ1) is 15.6. The van der Waals surface area contributed by atoms with Crippen molar-refractivity contribution in [2.75, 3.05) is 32.8 Å². The standard InChI is InChI=1S/C25H30N4O3/c1-25(27-17-19-6-7-22-23(16-19)32-15-14-31-22)8-10-28(11-9-25)12-13-29-21-5-3-2-4-20(21)26-18-24(29)30/h2-7,16,18,27H,8-15,17H2,1H3. The quantitative estimate of drug-likeness (QED) is 0.644. The summed E-state index contributed by atoms with van der Waals surface area (Å²) < 4.78 is 13.2. The molecule has 0 unspecified atom stereocenters. The van der Waals surface area contributed by atoms with Gasteiger partial charge >= 0.3 is 0 Å². The molecular weight excluding hydrogens is 404 g/mol. The van der Waals surface area contributed by atoms with Crippen molar-refractivity contribution in [3.8, 4) is 11.5 Å². The van der Waals surface area contributed by atoms with Crippen molar-refractivity contribution in [2.24, 2.45) is 0 Å². The molecule has 2 aliphatic heterocycles. The summed E-state index contributed by atoms with van der Waals surface area (Å²) in [5.74, 6) is 1.68. The Labute approximate surface area is 188 Å². The third-order valence-electron chi connectivity index (χ3n) is 6.68. The minimum atomic E-state index is -0.0355. The summed E-state index contributed by atoms with van der Waals surface area (Å²) in [6.45, 7) is 7.93. The number of ether oxygens (including phenoxy) is 2. The number of rotatable bonds is 6. The van der Waals surface area contributed by atoms with Gasteiger partial charge in [-0.2, -0.15) is 0 Å². The van der Waals surface area contributed by atoms with Crippen LogP contribution in [0.5, 0.6) is 11.5 Å². The molecule has 2 aliphatic rings. The highest BCUT2D eigenvalue weighted by Gasteiger charge is 2.29. The third-order valence-corrected chi connectivity index (χ3v) is 6.68. The number of aromatic nitrogens is 2. The lowest BCUT2D eigenvalue weighted by Crippen LogP contribution is -2.51. The summed E-state index contributed by atoms with van der Waals surface area (Å²) in [6.07, 6.45) is 3.57. The van der Waals surface area contributed by atoms with Crippen molar-refractivity contribution < 1.29 is 9.47 Å². The van der Waals surface area contributed by atoms with Gasteiger partial charge < -0.3 is 24.3 Å². The molecule has 0 amide bonds. The molecule has 0 saturated carbocycles. The topological polar surface area (TPSA) is 68.6 Å². The number of para-hydroxylation sites is 2. The molecule has 0 spiro atoms. The molecule has 0 bridgehead atoms. The summed E-state index contributed by atoms with van der Waals surface area (Å²) in [7, 11) is 0. The molecular formula is C25H30N4O3. The fraction of sp³-hybridized carbons (Fsp3) is 0.440. The number of likely N-dealkylation sites (tertiary alicyclic amines) is 1. The van der Waals surface area contributed by atoms with Crippen LogP contribution in [0.25, 0.3) is 11.0 Å². The largest absolute Gasteiger partial charge is 0.486 e. The maximum atomic E-state index is 12.4. The van der Waals surface area contributed by atoms with Gasteiger partial charge in [-0.3, -0.25) is 4.79 Å². The zero-order chi connectivity index (χ0) is 22.0. The molecule has 32 heavy (non-hydrogen) atoms. The molecule has 5 rings (SSSR count). The van der Waals surface area contributed by atoms with Gasteiger partial charge in [0, 0.05) is 25.2 Å². The molecule has 0 aliphatic carbocycles. The lowest BCUT2D eigenvalue weighted by Gasteiger charge is -2.40. The Hall–Kier alpha value is -2.90. The molecule has 1 saturated heterocycles. The number of benzene rings is 2. The first-order valence-corrected chi connectivity index (χ1v) is 11.4. The van der Waals surface area contributed by atoms with E-state index in [4.69, 9.17) is 9.47 Å². The summed E-state index contributed by atoms with van der Waals surface area (Å²) in [5, 5.41) is 3.76. The molecule has 1 N–H and O–H groups in total. The summed E-state index contributed by atoms with van der Waals surface area (Å²) >= 11 is 0. The van der Waals surface area contributed by atoms with Crippen LogP contribution in [-0.4, -0.2) is 52.8 Å². The molecule has 7 nitrogen and oxygen atoms in total.